The molecule has 148 valence electrons. The monoisotopic (exact) mass is 499 g/mol. The first-order chi connectivity index (χ1) is 13.1. The zero-order valence-electron chi connectivity index (χ0n) is 14.3. The average molecular weight is 502 g/mol. The molecule has 0 fully saturated rings. The molecule has 0 spiro atoms. The summed E-state index contributed by atoms with van der Waals surface area (Å²) in [4.78, 5) is 12.6. The van der Waals surface area contributed by atoms with Crippen LogP contribution in [0.2, 0.25) is 0 Å². The molecule has 0 saturated heterocycles. The molecule has 0 aliphatic heterocycles. The van der Waals surface area contributed by atoms with E-state index in [9.17, 15) is 0 Å². The molecular formula is C17H11Cl6N3O2. The van der Waals surface area contributed by atoms with E-state index in [2.05, 4.69) is 15.0 Å². The van der Waals surface area contributed by atoms with E-state index in [1.54, 1.807) is 13.2 Å². The van der Waals surface area contributed by atoms with Gasteiger partial charge in [0, 0.05) is 16.8 Å². The molecule has 2 aromatic carbocycles. The maximum atomic E-state index is 5.98. The second kappa shape index (κ2) is 8.05. The lowest BCUT2D eigenvalue weighted by Gasteiger charge is -2.18. The fourth-order valence-electron chi connectivity index (χ4n) is 2.62. The molecule has 11 heteroatoms. The van der Waals surface area contributed by atoms with Crippen molar-refractivity contribution in [1.29, 1.82) is 0 Å². The van der Waals surface area contributed by atoms with Gasteiger partial charge in [0.2, 0.25) is 7.59 Å². The Morgan fingerprint density at radius 3 is 1.68 bits per heavy atom. The molecule has 0 amide bonds. The molecule has 3 rings (SSSR count). The molecule has 0 aliphatic carbocycles. The summed E-state index contributed by atoms with van der Waals surface area (Å²) in [6, 6.07) is 9.14. The fourth-order valence-corrected chi connectivity index (χ4v) is 3.13. The van der Waals surface area contributed by atoms with Crippen LogP contribution in [0.1, 0.15) is 11.6 Å². The van der Waals surface area contributed by atoms with Crippen LogP contribution in [0.4, 0.5) is 0 Å². The number of methoxy groups -OCH3 is 2. The van der Waals surface area contributed by atoms with Gasteiger partial charge in [-0.15, -0.1) is 0 Å². The Bertz CT molecular complexity index is 1000. The molecule has 3 aromatic rings. The van der Waals surface area contributed by atoms with Gasteiger partial charge in [-0.05, 0) is 0 Å². The van der Waals surface area contributed by atoms with Gasteiger partial charge in [0.25, 0.3) is 0 Å². The van der Waals surface area contributed by atoms with Crippen molar-refractivity contribution in [2.24, 2.45) is 0 Å². The fraction of sp³-hybridized carbons (Fsp3) is 0.235. The molecule has 0 unspecified atom stereocenters. The van der Waals surface area contributed by atoms with E-state index in [-0.39, 0.29) is 17.5 Å². The van der Waals surface area contributed by atoms with Crippen LogP contribution in [0.25, 0.3) is 22.2 Å². The average Bonchev–Trinajstić information content (AvgIpc) is 2.64. The quantitative estimate of drug-likeness (QED) is 0.391. The maximum absolute atomic E-state index is 5.98. The van der Waals surface area contributed by atoms with E-state index < -0.39 is 7.59 Å². The maximum Gasteiger partial charge on any atom is 0.250 e. The first-order valence-corrected chi connectivity index (χ1v) is 9.87. The molecule has 1 aromatic heterocycles. The summed E-state index contributed by atoms with van der Waals surface area (Å²) in [7, 11) is 3.06. The second-order valence-electron chi connectivity index (χ2n) is 5.50. The number of halogens is 6. The highest BCUT2D eigenvalue weighted by Gasteiger charge is 2.34. The van der Waals surface area contributed by atoms with Crippen molar-refractivity contribution in [1.82, 2.24) is 15.0 Å². The number of fused-ring (bicyclic) bond motifs is 1. The number of benzene rings is 2. The van der Waals surface area contributed by atoms with Crippen LogP contribution in [0.15, 0.2) is 30.3 Å². The molecule has 0 N–H and O–H groups in total. The Labute approximate surface area is 190 Å². The van der Waals surface area contributed by atoms with E-state index in [0.717, 1.165) is 10.8 Å². The van der Waals surface area contributed by atoms with Gasteiger partial charge >= 0.3 is 0 Å². The Morgan fingerprint density at radius 2 is 1.21 bits per heavy atom. The summed E-state index contributed by atoms with van der Waals surface area (Å²) in [5.41, 5.74) is 0.507. The highest BCUT2D eigenvalue weighted by Crippen LogP contribution is 2.44. The minimum atomic E-state index is -1.96. The SMILES string of the molecule is COc1cc(OC)c2ccccc2c1-c1nc(C(Cl)(Cl)Cl)nc(C(Cl)(Cl)Cl)n1. The second-order valence-corrected chi connectivity index (χ2v) is 10.1. The number of alkyl halides is 6. The van der Waals surface area contributed by atoms with Crippen LogP contribution in [0.5, 0.6) is 11.5 Å². The first-order valence-electron chi connectivity index (χ1n) is 7.60. The third kappa shape index (κ3) is 4.30. The Kier molecular flexibility index (Phi) is 6.26. The van der Waals surface area contributed by atoms with Gasteiger partial charge in [-0.3, -0.25) is 0 Å². The molecule has 1 heterocycles. The molecule has 0 radical (unpaired) electrons. The van der Waals surface area contributed by atoms with Crippen molar-refractivity contribution in [3.05, 3.63) is 42.0 Å². The lowest BCUT2D eigenvalue weighted by molar-refractivity contribution is 0.398. The Balaban J connectivity index is 2.42. The predicted octanol–water partition coefficient (Wildman–Crippen LogP) is 6.36. The number of ether oxygens (including phenoxy) is 2. The third-order valence-electron chi connectivity index (χ3n) is 3.78. The van der Waals surface area contributed by atoms with Crippen LogP contribution in [-0.2, 0) is 7.59 Å². The van der Waals surface area contributed by atoms with Gasteiger partial charge in [-0.1, -0.05) is 93.9 Å². The van der Waals surface area contributed by atoms with Crippen LogP contribution in [0, 0.1) is 0 Å². The molecule has 0 saturated carbocycles. The van der Waals surface area contributed by atoms with E-state index >= 15 is 0 Å². The standard InChI is InChI=1S/C17H11Cl6N3O2/c1-27-10-7-11(28-2)12(9-6-4-3-5-8(9)10)13-24-14(16(18,19)20)26-15(25-13)17(21,22)23/h3-7H,1-2H3. The molecule has 0 bridgehead atoms. The summed E-state index contributed by atoms with van der Waals surface area (Å²) in [5.74, 6) is 0.769. The molecule has 28 heavy (non-hydrogen) atoms. The van der Waals surface area contributed by atoms with Crippen LogP contribution < -0.4 is 9.47 Å². The summed E-state index contributed by atoms with van der Waals surface area (Å²) in [5, 5.41) is 1.53. The van der Waals surface area contributed by atoms with Crippen LogP contribution in [0.3, 0.4) is 0 Å². The van der Waals surface area contributed by atoms with Gasteiger partial charge in [0.05, 0.1) is 19.8 Å². The third-order valence-corrected chi connectivity index (χ3v) is 4.79. The van der Waals surface area contributed by atoms with Crippen molar-refractivity contribution in [3.63, 3.8) is 0 Å². The van der Waals surface area contributed by atoms with Crippen molar-refractivity contribution in [2.45, 2.75) is 7.59 Å². The minimum Gasteiger partial charge on any atom is -0.496 e. The number of aromatic nitrogens is 3. The highest BCUT2D eigenvalue weighted by molar-refractivity contribution is 6.67. The van der Waals surface area contributed by atoms with E-state index in [0.29, 0.717) is 17.1 Å². The number of hydrogen-bond donors (Lipinski definition) is 0. The topological polar surface area (TPSA) is 57.1 Å². The largest absolute Gasteiger partial charge is 0.496 e. The zero-order valence-corrected chi connectivity index (χ0v) is 18.8. The lowest BCUT2D eigenvalue weighted by Crippen LogP contribution is -2.17. The van der Waals surface area contributed by atoms with Crippen molar-refractivity contribution < 1.29 is 9.47 Å². The van der Waals surface area contributed by atoms with Crippen molar-refractivity contribution >= 4 is 80.4 Å². The van der Waals surface area contributed by atoms with E-state index in [1.165, 1.54) is 7.11 Å². The highest BCUT2D eigenvalue weighted by atomic mass is 35.6. The summed E-state index contributed by atoms with van der Waals surface area (Å²) in [6.07, 6.45) is 0. The molecule has 0 atom stereocenters. The summed E-state index contributed by atoms with van der Waals surface area (Å²) < 4.78 is 7.06. The predicted molar refractivity (Wildman–Crippen MR) is 114 cm³/mol. The molecule has 5 nitrogen and oxygen atoms in total. The van der Waals surface area contributed by atoms with Gasteiger partial charge in [-0.2, -0.15) is 0 Å². The van der Waals surface area contributed by atoms with Gasteiger partial charge in [0.1, 0.15) is 11.5 Å². The smallest absolute Gasteiger partial charge is 0.250 e. The lowest BCUT2D eigenvalue weighted by atomic mass is 10.0. The number of hydrogen-bond acceptors (Lipinski definition) is 5. The van der Waals surface area contributed by atoms with Gasteiger partial charge in [0.15, 0.2) is 17.5 Å². The van der Waals surface area contributed by atoms with Gasteiger partial charge < -0.3 is 9.47 Å². The van der Waals surface area contributed by atoms with Crippen molar-refractivity contribution in [2.75, 3.05) is 14.2 Å². The number of nitrogens with zero attached hydrogens (tertiary/aromatic N) is 3. The number of rotatable bonds is 3. The van der Waals surface area contributed by atoms with Crippen molar-refractivity contribution in [3.8, 4) is 22.9 Å². The first kappa shape index (κ1) is 21.8. The Morgan fingerprint density at radius 1 is 0.714 bits per heavy atom. The summed E-state index contributed by atoms with van der Waals surface area (Å²) in [6.45, 7) is 0. The minimum absolute atomic E-state index is 0.119. The van der Waals surface area contributed by atoms with Crippen LogP contribution >= 0.6 is 69.6 Å². The van der Waals surface area contributed by atoms with E-state index in [1.807, 2.05) is 24.3 Å². The normalized spacial score (nSPS) is 12.3. The molecule has 0 aliphatic rings. The zero-order chi connectivity index (χ0) is 20.7. The van der Waals surface area contributed by atoms with Crippen LogP contribution in [-0.4, -0.2) is 29.2 Å². The summed E-state index contributed by atoms with van der Waals surface area (Å²) >= 11 is 35.9. The van der Waals surface area contributed by atoms with E-state index in [4.69, 9.17) is 79.1 Å². The Hall–Kier alpha value is -0.950. The molecular weight excluding hydrogens is 491 g/mol. The van der Waals surface area contributed by atoms with Gasteiger partial charge in [-0.25, -0.2) is 15.0 Å².